The molecule has 1 heterocycles. The maximum atomic E-state index is 10.4. The molecule has 1 fully saturated rings. The maximum absolute atomic E-state index is 10.4. The second-order valence-corrected chi connectivity index (χ2v) is 4.66. The average molecular weight is 237 g/mol. The third-order valence-corrected chi connectivity index (χ3v) is 3.31. The Bertz CT molecular complexity index is 386. The highest BCUT2D eigenvalue weighted by Crippen LogP contribution is 2.30. The summed E-state index contributed by atoms with van der Waals surface area (Å²) in [7, 11) is 1.52. The lowest BCUT2D eigenvalue weighted by Crippen LogP contribution is -2.43. The summed E-state index contributed by atoms with van der Waals surface area (Å²) in [5.41, 5.74) is 0.291. The van der Waals surface area contributed by atoms with E-state index in [0.29, 0.717) is 12.2 Å². The summed E-state index contributed by atoms with van der Waals surface area (Å²) in [6.07, 6.45) is 2.08. The first-order valence-corrected chi connectivity index (χ1v) is 5.92. The summed E-state index contributed by atoms with van der Waals surface area (Å²) < 4.78 is 4.99. The Morgan fingerprint density at radius 3 is 2.65 bits per heavy atom. The van der Waals surface area contributed by atoms with Crippen molar-refractivity contribution in [2.75, 3.05) is 20.2 Å². The Kier molecular flexibility index (Phi) is 3.54. The van der Waals surface area contributed by atoms with Gasteiger partial charge >= 0.3 is 0 Å². The summed E-state index contributed by atoms with van der Waals surface area (Å²) >= 11 is 0. The molecule has 4 heteroatoms. The number of aliphatic hydroxyl groups is 1. The van der Waals surface area contributed by atoms with Crippen molar-refractivity contribution in [3.8, 4) is 11.5 Å². The molecule has 0 spiro atoms. The zero-order valence-corrected chi connectivity index (χ0v) is 10.1. The second kappa shape index (κ2) is 4.94. The third-order valence-electron chi connectivity index (χ3n) is 3.31. The van der Waals surface area contributed by atoms with Crippen molar-refractivity contribution in [3.05, 3.63) is 23.8 Å². The van der Waals surface area contributed by atoms with E-state index in [9.17, 15) is 10.2 Å². The Morgan fingerprint density at radius 1 is 1.35 bits per heavy atom. The van der Waals surface area contributed by atoms with Crippen molar-refractivity contribution in [2.24, 2.45) is 0 Å². The molecule has 1 saturated heterocycles. The number of aromatic hydroxyl groups is 1. The van der Waals surface area contributed by atoms with Crippen LogP contribution < -0.4 is 10.1 Å². The van der Waals surface area contributed by atoms with E-state index in [1.165, 1.54) is 7.11 Å². The van der Waals surface area contributed by atoms with E-state index >= 15 is 0 Å². The van der Waals surface area contributed by atoms with Crippen LogP contribution in [-0.4, -0.2) is 36.0 Å². The highest BCUT2D eigenvalue weighted by Gasteiger charge is 2.29. The van der Waals surface area contributed by atoms with E-state index in [-0.39, 0.29) is 5.75 Å². The standard InChI is InChI=1S/C13H19NO3/c1-17-12-3-2-10(8-11(12)15)9-13(16)4-6-14-7-5-13/h2-3,8,14-16H,4-7,9H2,1H3. The summed E-state index contributed by atoms with van der Waals surface area (Å²) in [5.74, 6) is 0.591. The van der Waals surface area contributed by atoms with Gasteiger partial charge < -0.3 is 20.3 Å². The lowest BCUT2D eigenvalue weighted by atomic mass is 9.86. The van der Waals surface area contributed by atoms with Gasteiger partial charge in [-0.2, -0.15) is 0 Å². The van der Waals surface area contributed by atoms with Crippen LogP contribution in [0.1, 0.15) is 18.4 Å². The highest BCUT2D eigenvalue weighted by molar-refractivity contribution is 5.42. The molecule has 0 saturated carbocycles. The molecule has 4 nitrogen and oxygen atoms in total. The van der Waals surface area contributed by atoms with Crippen LogP contribution in [-0.2, 0) is 6.42 Å². The number of nitrogens with one attached hydrogen (secondary N) is 1. The van der Waals surface area contributed by atoms with Crippen molar-refractivity contribution in [1.82, 2.24) is 5.32 Å². The SMILES string of the molecule is COc1ccc(CC2(O)CCNCC2)cc1O. The smallest absolute Gasteiger partial charge is 0.160 e. The molecule has 1 aromatic carbocycles. The molecule has 1 aliphatic rings. The Hall–Kier alpha value is -1.26. The van der Waals surface area contributed by atoms with Gasteiger partial charge in [0, 0.05) is 6.42 Å². The van der Waals surface area contributed by atoms with Crippen LogP contribution in [0.2, 0.25) is 0 Å². The number of benzene rings is 1. The van der Waals surface area contributed by atoms with Gasteiger partial charge in [0.15, 0.2) is 11.5 Å². The molecule has 0 atom stereocenters. The topological polar surface area (TPSA) is 61.7 Å². The zero-order chi connectivity index (χ0) is 12.3. The minimum atomic E-state index is -0.647. The van der Waals surface area contributed by atoms with Gasteiger partial charge in [-0.1, -0.05) is 6.07 Å². The molecule has 1 aromatic rings. The predicted molar refractivity (Wildman–Crippen MR) is 65.4 cm³/mol. The van der Waals surface area contributed by atoms with Gasteiger partial charge in [-0.3, -0.25) is 0 Å². The predicted octanol–water partition coefficient (Wildman–Crippen LogP) is 1.06. The fraction of sp³-hybridized carbons (Fsp3) is 0.538. The van der Waals surface area contributed by atoms with Crippen molar-refractivity contribution < 1.29 is 14.9 Å². The Balaban J connectivity index is 2.10. The maximum Gasteiger partial charge on any atom is 0.160 e. The summed E-state index contributed by atoms with van der Waals surface area (Å²) in [4.78, 5) is 0. The monoisotopic (exact) mass is 237 g/mol. The van der Waals surface area contributed by atoms with Crippen molar-refractivity contribution in [1.29, 1.82) is 0 Å². The fourth-order valence-corrected chi connectivity index (χ4v) is 2.29. The lowest BCUT2D eigenvalue weighted by molar-refractivity contribution is 0.0108. The van der Waals surface area contributed by atoms with Crippen molar-refractivity contribution >= 4 is 0 Å². The molecule has 0 aliphatic carbocycles. The number of piperidine rings is 1. The van der Waals surface area contributed by atoms with Crippen molar-refractivity contribution in [2.45, 2.75) is 24.9 Å². The van der Waals surface area contributed by atoms with Crippen LogP contribution in [0, 0.1) is 0 Å². The largest absolute Gasteiger partial charge is 0.504 e. The first kappa shape index (κ1) is 12.2. The van der Waals surface area contributed by atoms with Crippen LogP contribution in [0.25, 0.3) is 0 Å². The van der Waals surface area contributed by atoms with E-state index in [0.717, 1.165) is 31.5 Å². The minimum absolute atomic E-state index is 0.127. The fourth-order valence-electron chi connectivity index (χ4n) is 2.29. The molecule has 0 aromatic heterocycles. The number of hydrogen-bond acceptors (Lipinski definition) is 4. The summed E-state index contributed by atoms with van der Waals surface area (Å²) in [6.45, 7) is 1.69. The van der Waals surface area contributed by atoms with Crippen LogP contribution >= 0.6 is 0 Å². The summed E-state index contributed by atoms with van der Waals surface area (Å²) in [6, 6.07) is 5.28. The quantitative estimate of drug-likeness (QED) is 0.735. The molecule has 0 radical (unpaired) electrons. The molecule has 2 rings (SSSR count). The van der Waals surface area contributed by atoms with Crippen LogP contribution in [0.3, 0.4) is 0 Å². The van der Waals surface area contributed by atoms with Gasteiger partial charge in [-0.15, -0.1) is 0 Å². The molecule has 17 heavy (non-hydrogen) atoms. The molecule has 3 N–H and O–H groups in total. The van der Waals surface area contributed by atoms with Crippen LogP contribution in [0.5, 0.6) is 11.5 Å². The first-order valence-electron chi connectivity index (χ1n) is 5.92. The number of phenolic OH excluding ortho intramolecular Hbond substituents is 1. The molecule has 0 unspecified atom stereocenters. The normalized spacial score (nSPS) is 18.9. The number of phenols is 1. The number of methoxy groups -OCH3 is 1. The Morgan fingerprint density at radius 2 is 2.06 bits per heavy atom. The number of ether oxygens (including phenoxy) is 1. The molecule has 0 amide bonds. The van der Waals surface area contributed by atoms with Gasteiger partial charge in [0.1, 0.15) is 0 Å². The van der Waals surface area contributed by atoms with Gasteiger partial charge in [0.2, 0.25) is 0 Å². The molecular formula is C13H19NO3. The second-order valence-electron chi connectivity index (χ2n) is 4.66. The van der Waals surface area contributed by atoms with E-state index in [4.69, 9.17) is 4.74 Å². The van der Waals surface area contributed by atoms with Gasteiger partial charge in [0.05, 0.1) is 12.7 Å². The molecular weight excluding hydrogens is 218 g/mol. The summed E-state index contributed by atoms with van der Waals surface area (Å²) in [5, 5.41) is 23.3. The van der Waals surface area contributed by atoms with E-state index < -0.39 is 5.60 Å². The zero-order valence-electron chi connectivity index (χ0n) is 10.1. The number of rotatable bonds is 3. The first-order chi connectivity index (χ1) is 8.13. The van der Waals surface area contributed by atoms with Crippen molar-refractivity contribution in [3.63, 3.8) is 0 Å². The van der Waals surface area contributed by atoms with Crippen LogP contribution in [0.15, 0.2) is 18.2 Å². The lowest BCUT2D eigenvalue weighted by Gasteiger charge is -2.32. The van der Waals surface area contributed by atoms with E-state index in [2.05, 4.69) is 5.32 Å². The molecule has 0 bridgehead atoms. The minimum Gasteiger partial charge on any atom is -0.504 e. The number of hydrogen-bond donors (Lipinski definition) is 3. The molecule has 94 valence electrons. The van der Waals surface area contributed by atoms with E-state index in [1.54, 1.807) is 12.1 Å². The third kappa shape index (κ3) is 2.90. The van der Waals surface area contributed by atoms with Gasteiger partial charge in [0.25, 0.3) is 0 Å². The van der Waals surface area contributed by atoms with E-state index in [1.807, 2.05) is 6.07 Å². The van der Waals surface area contributed by atoms with Crippen LogP contribution in [0.4, 0.5) is 0 Å². The van der Waals surface area contributed by atoms with Gasteiger partial charge in [-0.05, 0) is 43.6 Å². The average Bonchev–Trinajstić information content (AvgIpc) is 2.29. The van der Waals surface area contributed by atoms with Gasteiger partial charge in [-0.25, -0.2) is 0 Å². The molecule has 1 aliphatic heterocycles. The Labute approximate surface area is 101 Å². The highest BCUT2D eigenvalue weighted by atomic mass is 16.5.